The lowest BCUT2D eigenvalue weighted by Crippen LogP contribution is -1.82. The fourth-order valence-electron chi connectivity index (χ4n) is 1.88. The monoisotopic (exact) mass is 270 g/mol. The van der Waals surface area contributed by atoms with Crippen LogP contribution in [0.15, 0.2) is 50.9 Å². The van der Waals surface area contributed by atoms with Gasteiger partial charge in [-0.25, -0.2) is 4.98 Å². The normalized spacial score (nSPS) is 11.1. The van der Waals surface area contributed by atoms with Crippen LogP contribution in [0.3, 0.4) is 0 Å². The third kappa shape index (κ3) is 2.44. The van der Waals surface area contributed by atoms with Crippen molar-refractivity contribution >= 4 is 28.5 Å². The molecule has 3 rings (SSSR count). The highest BCUT2D eigenvalue weighted by molar-refractivity contribution is 7.99. The van der Waals surface area contributed by atoms with Crippen LogP contribution < -0.4 is 5.73 Å². The van der Waals surface area contributed by atoms with Gasteiger partial charge in [0.2, 0.25) is 0 Å². The molecule has 2 aromatic carbocycles. The fourth-order valence-corrected chi connectivity index (χ4v) is 2.82. The summed E-state index contributed by atoms with van der Waals surface area (Å²) in [6.07, 6.45) is 0. The van der Waals surface area contributed by atoms with E-state index in [1.165, 1.54) is 16.0 Å². The van der Waals surface area contributed by atoms with Crippen LogP contribution in [0.5, 0.6) is 0 Å². The lowest BCUT2D eigenvalue weighted by atomic mass is 10.2. The van der Waals surface area contributed by atoms with Gasteiger partial charge in [-0.2, -0.15) is 0 Å². The summed E-state index contributed by atoms with van der Waals surface area (Å²) in [5, 5.41) is 0.648. The molecule has 3 aromatic rings. The van der Waals surface area contributed by atoms with Gasteiger partial charge in [-0.1, -0.05) is 12.1 Å². The maximum absolute atomic E-state index is 5.74. The number of nitrogen functional groups attached to an aromatic ring is 1. The van der Waals surface area contributed by atoms with E-state index in [2.05, 4.69) is 37.0 Å². The van der Waals surface area contributed by atoms with Gasteiger partial charge in [-0.15, -0.1) is 0 Å². The molecule has 2 N–H and O–H groups in total. The minimum Gasteiger partial charge on any atom is -0.431 e. The number of nitrogens with zero attached hydrogens (tertiary/aromatic N) is 1. The van der Waals surface area contributed by atoms with Gasteiger partial charge in [-0.05, 0) is 61.0 Å². The Balaban J connectivity index is 1.98. The first-order chi connectivity index (χ1) is 9.11. The Labute approximate surface area is 115 Å². The number of nitrogens with two attached hydrogens (primary N) is 1. The summed E-state index contributed by atoms with van der Waals surface area (Å²) in [4.78, 5) is 5.62. The van der Waals surface area contributed by atoms with Crippen molar-refractivity contribution in [1.29, 1.82) is 0 Å². The minimum absolute atomic E-state index is 0.648. The smallest absolute Gasteiger partial charge is 0.261 e. The van der Waals surface area contributed by atoms with E-state index in [0.29, 0.717) is 10.9 Å². The molecule has 19 heavy (non-hydrogen) atoms. The minimum atomic E-state index is 0.648. The van der Waals surface area contributed by atoms with Crippen molar-refractivity contribution in [2.24, 2.45) is 0 Å². The van der Waals surface area contributed by atoms with Crippen molar-refractivity contribution in [2.75, 3.05) is 5.73 Å². The highest BCUT2D eigenvalue weighted by Gasteiger charge is 2.09. The van der Waals surface area contributed by atoms with Gasteiger partial charge in [0.15, 0.2) is 5.58 Å². The van der Waals surface area contributed by atoms with E-state index in [0.717, 1.165) is 11.1 Å². The van der Waals surface area contributed by atoms with E-state index in [1.807, 2.05) is 18.2 Å². The molecule has 0 atom stereocenters. The Morgan fingerprint density at radius 1 is 1.11 bits per heavy atom. The van der Waals surface area contributed by atoms with Crippen molar-refractivity contribution in [3.63, 3.8) is 0 Å². The summed E-state index contributed by atoms with van der Waals surface area (Å²) in [7, 11) is 0. The highest BCUT2D eigenvalue weighted by Crippen LogP contribution is 2.32. The molecule has 3 nitrogen and oxygen atoms in total. The molecule has 1 heterocycles. The molecule has 96 valence electrons. The summed E-state index contributed by atoms with van der Waals surface area (Å²) >= 11 is 1.54. The lowest BCUT2D eigenvalue weighted by Gasteiger charge is -2.03. The zero-order valence-electron chi connectivity index (χ0n) is 10.8. The zero-order valence-corrected chi connectivity index (χ0v) is 11.6. The third-order valence-corrected chi connectivity index (χ3v) is 3.94. The number of hydrogen-bond donors (Lipinski definition) is 1. The molecule has 0 bridgehead atoms. The number of hydrogen-bond acceptors (Lipinski definition) is 4. The number of aryl methyl sites for hydroxylation is 2. The van der Waals surface area contributed by atoms with Gasteiger partial charge in [0.05, 0.1) is 0 Å². The van der Waals surface area contributed by atoms with E-state index in [1.54, 1.807) is 11.8 Å². The quantitative estimate of drug-likeness (QED) is 0.710. The van der Waals surface area contributed by atoms with E-state index in [-0.39, 0.29) is 0 Å². The second-order valence-corrected chi connectivity index (χ2v) is 5.57. The Kier molecular flexibility index (Phi) is 2.95. The number of rotatable bonds is 2. The average molecular weight is 270 g/mol. The average Bonchev–Trinajstić information content (AvgIpc) is 2.75. The standard InChI is InChI=1S/C15H14N2OS/c1-9-3-4-10(2)14(7-9)19-15-17-12-8-11(16)5-6-13(12)18-15/h3-8H,16H2,1-2H3. The molecule has 0 unspecified atom stereocenters. The van der Waals surface area contributed by atoms with Gasteiger partial charge in [0.25, 0.3) is 5.22 Å². The topological polar surface area (TPSA) is 52.0 Å². The number of anilines is 1. The Bertz CT molecular complexity index is 749. The highest BCUT2D eigenvalue weighted by atomic mass is 32.2. The molecular weight excluding hydrogens is 256 g/mol. The van der Waals surface area contributed by atoms with Crippen molar-refractivity contribution in [2.45, 2.75) is 24.0 Å². The van der Waals surface area contributed by atoms with Crippen molar-refractivity contribution in [3.05, 3.63) is 47.5 Å². The van der Waals surface area contributed by atoms with Gasteiger partial charge < -0.3 is 10.2 Å². The fraction of sp³-hybridized carbons (Fsp3) is 0.133. The van der Waals surface area contributed by atoms with E-state index in [9.17, 15) is 0 Å². The molecule has 0 spiro atoms. The van der Waals surface area contributed by atoms with Gasteiger partial charge >= 0.3 is 0 Å². The summed E-state index contributed by atoms with van der Waals surface area (Å²) in [5.41, 5.74) is 10.5. The van der Waals surface area contributed by atoms with Crippen LogP contribution in [0, 0.1) is 13.8 Å². The zero-order chi connectivity index (χ0) is 13.4. The second kappa shape index (κ2) is 4.63. The first-order valence-corrected chi connectivity index (χ1v) is 6.84. The second-order valence-electron chi connectivity index (χ2n) is 4.58. The van der Waals surface area contributed by atoms with Crippen LogP contribution in [0.2, 0.25) is 0 Å². The lowest BCUT2D eigenvalue weighted by molar-refractivity contribution is 0.489. The van der Waals surface area contributed by atoms with Gasteiger partial charge in [0.1, 0.15) is 5.52 Å². The molecule has 0 aliphatic heterocycles. The van der Waals surface area contributed by atoms with E-state index in [4.69, 9.17) is 10.2 Å². The Hall–Kier alpha value is -1.94. The van der Waals surface area contributed by atoms with Gasteiger partial charge in [-0.3, -0.25) is 0 Å². The van der Waals surface area contributed by atoms with Gasteiger partial charge in [0, 0.05) is 10.6 Å². The maximum Gasteiger partial charge on any atom is 0.261 e. The first kappa shape index (κ1) is 12.1. The molecular formula is C15H14N2OS. The summed E-state index contributed by atoms with van der Waals surface area (Å²) in [5.74, 6) is 0. The SMILES string of the molecule is Cc1ccc(C)c(Sc2nc3cc(N)ccc3o2)c1. The number of aromatic nitrogens is 1. The molecule has 0 amide bonds. The summed E-state index contributed by atoms with van der Waals surface area (Å²) in [6.45, 7) is 4.17. The van der Waals surface area contributed by atoms with Crippen LogP contribution >= 0.6 is 11.8 Å². The largest absolute Gasteiger partial charge is 0.431 e. The Morgan fingerprint density at radius 3 is 2.79 bits per heavy atom. The van der Waals surface area contributed by atoms with Crippen LogP contribution in [0.25, 0.3) is 11.1 Å². The molecule has 0 saturated heterocycles. The van der Waals surface area contributed by atoms with Crippen LogP contribution in [0.1, 0.15) is 11.1 Å². The van der Waals surface area contributed by atoms with Crippen molar-refractivity contribution < 1.29 is 4.42 Å². The summed E-state index contributed by atoms with van der Waals surface area (Å²) in [6, 6.07) is 11.9. The molecule has 0 radical (unpaired) electrons. The predicted molar refractivity (Wildman–Crippen MR) is 78.5 cm³/mol. The summed E-state index contributed by atoms with van der Waals surface area (Å²) < 4.78 is 5.72. The van der Waals surface area contributed by atoms with Crippen molar-refractivity contribution in [3.8, 4) is 0 Å². The van der Waals surface area contributed by atoms with Crippen LogP contribution in [-0.2, 0) is 0 Å². The maximum atomic E-state index is 5.74. The predicted octanol–water partition coefficient (Wildman–Crippen LogP) is 4.18. The first-order valence-electron chi connectivity index (χ1n) is 6.03. The number of benzene rings is 2. The van der Waals surface area contributed by atoms with E-state index >= 15 is 0 Å². The molecule has 0 fully saturated rings. The molecule has 0 aliphatic carbocycles. The number of fused-ring (bicyclic) bond motifs is 1. The van der Waals surface area contributed by atoms with E-state index < -0.39 is 0 Å². The van der Waals surface area contributed by atoms with Crippen LogP contribution in [0.4, 0.5) is 5.69 Å². The molecule has 1 aromatic heterocycles. The van der Waals surface area contributed by atoms with Crippen molar-refractivity contribution in [1.82, 2.24) is 4.98 Å². The van der Waals surface area contributed by atoms with Crippen LogP contribution in [-0.4, -0.2) is 4.98 Å². The third-order valence-electron chi connectivity index (χ3n) is 2.93. The molecule has 4 heteroatoms. The molecule has 0 saturated carbocycles. The number of oxazole rings is 1. The molecule has 0 aliphatic rings. The Morgan fingerprint density at radius 2 is 1.95 bits per heavy atom.